The molecule has 1 saturated heterocycles. The van der Waals surface area contributed by atoms with Crippen LogP contribution >= 0.6 is 11.6 Å². The number of hydrogen-bond acceptors (Lipinski definition) is 2. The van der Waals surface area contributed by atoms with Crippen molar-refractivity contribution in [2.75, 3.05) is 13.2 Å². The van der Waals surface area contributed by atoms with Gasteiger partial charge in [-0.3, -0.25) is 0 Å². The van der Waals surface area contributed by atoms with Crippen molar-refractivity contribution in [3.8, 4) is 0 Å². The first-order chi connectivity index (χ1) is 7.77. The summed E-state index contributed by atoms with van der Waals surface area (Å²) in [7, 11) is 0. The van der Waals surface area contributed by atoms with E-state index in [1.54, 1.807) is 18.2 Å². The molecule has 0 aliphatic carbocycles. The molecular weight excluding hydrogens is 229 g/mol. The molecule has 1 aromatic rings. The molecule has 2 rings (SSSR count). The molecule has 1 N–H and O–H groups in total. The summed E-state index contributed by atoms with van der Waals surface area (Å²) in [6.45, 7) is 2.05. The summed E-state index contributed by atoms with van der Waals surface area (Å²) in [5, 5.41) is 3.46. The summed E-state index contributed by atoms with van der Waals surface area (Å²) in [6.07, 6.45) is 2.15. The Morgan fingerprint density at radius 3 is 3.12 bits per heavy atom. The van der Waals surface area contributed by atoms with Crippen molar-refractivity contribution in [3.63, 3.8) is 0 Å². The van der Waals surface area contributed by atoms with E-state index in [-0.39, 0.29) is 10.8 Å². The standard InChI is InChI=1S/C12H15ClFNO/c13-11-5-1-3-9(12(11)14)7-15-10-4-2-6-16-8-10/h1,3,5,10,15H,2,4,6-8H2. The van der Waals surface area contributed by atoms with Gasteiger partial charge in [0.05, 0.1) is 11.6 Å². The summed E-state index contributed by atoms with van der Waals surface area (Å²) in [5.41, 5.74) is 0.609. The van der Waals surface area contributed by atoms with Crippen LogP contribution in [0.1, 0.15) is 18.4 Å². The van der Waals surface area contributed by atoms with Crippen LogP contribution in [0.5, 0.6) is 0 Å². The first-order valence-corrected chi connectivity index (χ1v) is 5.89. The van der Waals surface area contributed by atoms with Crippen LogP contribution in [0.15, 0.2) is 18.2 Å². The van der Waals surface area contributed by atoms with Gasteiger partial charge in [0, 0.05) is 24.8 Å². The van der Waals surface area contributed by atoms with Crippen LogP contribution in [0.3, 0.4) is 0 Å². The fourth-order valence-corrected chi connectivity index (χ4v) is 2.04. The molecule has 1 atom stereocenters. The number of hydrogen-bond donors (Lipinski definition) is 1. The van der Waals surface area contributed by atoms with E-state index in [0.717, 1.165) is 19.4 Å². The van der Waals surface area contributed by atoms with E-state index in [9.17, 15) is 4.39 Å². The molecule has 1 unspecified atom stereocenters. The van der Waals surface area contributed by atoms with Gasteiger partial charge in [0.15, 0.2) is 0 Å². The quantitative estimate of drug-likeness (QED) is 0.882. The molecule has 0 radical (unpaired) electrons. The molecule has 0 aromatic heterocycles. The van der Waals surface area contributed by atoms with Gasteiger partial charge in [-0.25, -0.2) is 4.39 Å². The third-order valence-corrected chi connectivity index (χ3v) is 3.06. The zero-order chi connectivity index (χ0) is 11.4. The molecule has 1 heterocycles. The molecule has 4 heteroatoms. The maximum atomic E-state index is 13.6. The smallest absolute Gasteiger partial charge is 0.146 e. The Morgan fingerprint density at radius 2 is 2.38 bits per heavy atom. The highest BCUT2D eigenvalue weighted by atomic mass is 35.5. The first-order valence-electron chi connectivity index (χ1n) is 5.51. The average molecular weight is 244 g/mol. The minimum Gasteiger partial charge on any atom is -0.380 e. The van der Waals surface area contributed by atoms with Gasteiger partial charge in [0.2, 0.25) is 0 Å². The van der Waals surface area contributed by atoms with Gasteiger partial charge in [-0.05, 0) is 18.9 Å². The minimum atomic E-state index is -0.326. The van der Waals surface area contributed by atoms with Crippen LogP contribution in [0.4, 0.5) is 4.39 Å². The molecular formula is C12H15ClFNO. The largest absolute Gasteiger partial charge is 0.380 e. The second-order valence-electron chi connectivity index (χ2n) is 4.01. The fraction of sp³-hybridized carbons (Fsp3) is 0.500. The highest BCUT2D eigenvalue weighted by Gasteiger charge is 2.14. The van der Waals surface area contributed by atoms with E-state index in [1.807, 2.05) is 0 Å². The van der Waals surface area contributed by atoms with Crippen molar-refractivity contribution in [2.24, 2.45) is 0 Å². The molecule has 1 aliphatic rings. The molecule has 1 aliphatic heterocycles. The number of benzene rings is 1. The van der Waals surface area contributed by atoms with Crippen LogP contribution in [0.25, 0.3) is 0 Å². The van der Waals surface area contributed by atoms with Crippen LogP contribution in [0.2, 0.25) is 5.02 Å². The lowest BCUT2D eigenvalue weighted by atomic mass is 10.1. The fourth-order valence-electron chi connectivity index (χ4n) is 1.84. The van der Waals surface area contributed by atoms with Gasteiger partial charge >= 0.3 is 0 Å². The lowest BCUT2D eigenvalue weighted by molar-refractivity contribution is 0.0698. The Balaban J connectivity index is 1.91. The monoisotopic (exact) mass is 243 g/mol. The van der Waals surface area contributed by atoms with E-state index in [2.05, 4.69) is 5.32 Å². The van der Waals surface area contributed by atoms with Crippen LogP contribution < -0.4 is 5.32 Å². The summed E-state index contributed by atoms with van der Waals surface area (Å²) in [5.74, 6) is -0.326. The van der Waals surface area contributed by atoms with Crippen LogP contribution in [0, 0.1) is 5.82 Å². The highest BCUT2D eigenvalue weighted by Crippen LogP contribution is 2.18. The van der Waals surface area contributed by atoms with Crippen LogP contribution in [-0.2, 0) is 11.3 Å². The second-order valence-corrected chi connectivity index (χ2v) is 4.42. The van der Waals surface area contributed by atoms with E-state index in [4.69, 9.17) is 16.3 Å². The second kappa shape index (κ2) is 5.62. The lowest BCUT2D eigenvalue weighted by Crippen LogP contribution is -2.36. The zero-order valence-corrected chi connectivity index (χ0v) is 9.77. The van der Waals surface area contributed by atoms with Crippen molar-refractivity contribution in [3.05, 3.63) is 34.6 Å². The Hall–Kier alpha value is -0.640. The normalized spacial score (nSPS) is 21.0. The average Bonchev–Trinajstić information content (AvgIpc) is 2.32. The molecule has 1 aromatic carbocycles. The van der Waals surface area contributed by atoms with Gasteiger partial charge in [-0.1, -0.05) is 23.7 Å². The predicted molar refractivity (Wildman–Crippen MR) is 62.1 cm³/mol. The number of ether oxygens (including phenoxy) is 1. The molecule has 0 spiro atoms. The lowest BCUT2D eigenvalue weighted by Gasteiger charge is -2.23. The highest BCUT2D eigenvalue weighted by molar-refractivity contribution is 6.30. The number of nitrogens with one attached hydrogen (secondary N) is 1. The summed E-state index contributed by atoms with van der Waals surface area (Å²) in [4.78, 5) is 0. The van der Waals surface area contributed by atoms with E-state index in [0.29, 0.717) is 24.8 Å². The third-order valence-electron chi connectivity index (χ3n) is 2.77. The van der Waals surface area contributed by atoms with E-state index < -0.39 is 0 Å². The Bertz CT molecular complexity index is 353. The summed E-state index contributed by atoms with van der Waals surface area (Å²) >= 11 is 5.71. The maximum absolute atomic E-state index is 13.6. The van der Waals surface area contributed by atoms with Gasteiger partial charge in [0.25, 0.3) is 0 Å². The molecule has 0 bridgehead atoms. The number of halogens is 2. The molecule has 1 fully saturated rings. The molecule has 2 nitrogen and oxygen atoms in total. The van der Waals surface area contributed by atoms with Crippen molar-refractivity contribution in [2.45, 2.75) is 25.4 Å². The van der Waals surface area contributed by atoms with Crippen molar-refractivity contribution in [1.82, 2.24) is 5.32 Å². The van der Waals surface area contributed by atoms with Crippen LogP contribution in [-0.4, -0.2) is 19.3 Å². The Kier molecular flexibility index (Phi) is 4.16. The van der Waals surface area contributed by atoms with Gasteiger partial charge < -0.3 is 10.1 Å². The molecule has 16 heavy (non-hydrogen) atoms. The topological polar surface area (TPSA) is 21.3 Å². The van der Waals surface area contributed by atoms with Gasteiger partial charge in [-0.15, -0.1) is 0 Å². The molecule has 88 valence electrons. The SMILES string of the molecule is Fc1c(Cl)cccc1CNC1CCCOC1. The third kappa shape index (κ3) is 2.94. The molecule has 0 amide bonds. The zero-order valence-electron chi connectivity index (χ0n) is 9.01. The van der Waals surface area contributed by atoms with E-state index in [1.165, 1.54) is 0 Å². The predicted octanol–water partition coefficient (Wildman–Crippen LogP) is 2.75. The van der Waals surface area contributed by atoms with E-state index >= 15 is 0 Å². The van der Waals surface area contributed by atoms with Gasteiger partial charge in [0.1, 0.15) is 5.82 Å². The Morgan fingerprint density at radius 1 is 1.50 bits per heavy atom. The van der Waals surface area contributed by atoms with Crippen molar-refractivity contribution in [1.29, 1.82) is 0 Å². The first kappa shape index (κ1) is 11.8. The summed E-state index contributed by atoms with van der Waals surface area (Å²) in [6, 6.07) is 5.40. The summed E-state index contributed by atoms with van der Waals surface area (Å²) < 4.78 is 18.9. The molecule has 0 saturated carbocycles. The van der Waals surface area contributed by atoms with Gasteiger partial charge in [-0.2, -0.15) is 0 Å². The Labute approximate surface area is 99.7 Å². The van der Waals surface area contributed by atoms with Crippen molar-refractivity contribution < 1.29 is 9.13 Å². The maximum Gasteiger partial charge on any atom is 0.146 e. The number of rotatable bonds is 3. The van der Waals surface area contributed by atoms with Crippen molar-refractivity contribution >= 4 is 11.6 Å². The minimum absolute atomic E-state index is 0.180.